The molecule has 0 radical (unpaired) electrons. The number of ether oxygens (including phenoxy) is 1. The fourth-order valence-corrected chi connectivity index (χ4v) is 8.19. The lowest BCUT2D eigenvalue weighted by molar-refractivity contribution is -0.00837. The van der Waals surface area contributed by atoms with Crippen LogP contribution in [0.1, 0.15) is 52.8 Å². The predicted molar refractivity (Wildman–Crippen MR) is 224 cm³/mol. The van der Waals surface area contributed by atoms with E-state index in [1.807, 2.05) is 66.7 Å². The molecule has 4 heterocycles. The van der Waals surface area contributed by atoms with E-state index in [1.165, 1.54) is 12.1 Å². The third kappa shape index (κ3) is 9.41. The number of carbonyl (C=O) groups is 1. The number of benzene rings is 5. The summed E-state index contributed by atoms with van der Waals surface area (Å²) in [6.45, 7) is 4.48. The molecular formula is C47H49N5O6. The molecule has 298 valence electrons. The molecule has 0 spiro atoms. The van der Waals surface area contributed by atoms with Crippen molar-refractivity contribution in [1.82, 2.24) is 26.0 Å². The summed E-state index contributed by atoms with van der Waals surface area (Å²) in [5.41, 5.74) is 9.93. The minimum Gasteiger partial charge on any atom is -0.506 e. The SMILES string of the molecule is O=C(NC(c1ccccc1)c1cccc(OCCc2ccc(-c3cccc(CNC[C@H](O)c4ccc(O)c5[nH]c(=O)ccc45)c3)cc2)c1)ON[C@H]1CN2CCC1CC2. The summed E-state index contributed by atoms with van der Waals surface area (Å²) in [7, 11) is 0. The number of piperidine rings is 3. The van der Waals surface area contributed by atoms with Gasteiger partial charge in [-0.25, -0.2) is 4.79 Å². The molecular weight excluding hydrogens is 731 g/mol. The monoisotopic (exact) mass is 779 g/mol. The molecule has 6 N–H and O–H groups in total. The Labute approximate surface area is 337 Å². The summed E-state index contributed by atoms with van der Waals surface area (Å²) >= 11 is 0. The normalized spacial score (nSPS) is 18.4. The number of phenols is 1. The zero-order valence-corrected chi connectivity index (χ0v) is 32.3. The van der Waals surface area contributed by atoms with Gasteiger partial charge < -0.3 is 40.3 Å². The number of hydrogen-bond acceptors (Lipinski definition) is 9. The van der Waals surface area contributed by atoms with Crippen LogP contribution in [0.15, 0.2) is 132 Å². The van der Waals surface area contributed by atoms with Crippen molar-refractivity contribution in [3.63, 3.8) is 0 Å². The molecule has 0 saturated carbocycles. The molecule has 58 heavy (non-hydrogen) atoms. The Bertz CT molecular complexity index is 2380. The lowest BCUT2D eigenvalue weighted by Crippen LogP contribution is -2.56. The Hall–Kier alpha value is -5.98. The van der Waals surface area contributed by atoms with Gasteiger partial charge in [-0.05, 0) is 101 Å². The van der Waals surface area contributed by atoms with Crippen molar-refractivity contribution >= 4 is 17.0 Å². The summed E-state index contributed by atoms with van der Waals surface area (Å²) in [6, 6.07) is 40.4. The number of amides is 1. The van der Waals surface area contributed by atoms with E-state index in [9.17, 15) is 19.8 Å². The van der Waals surface area contributed by atoms with Crippen LogP contribution in [-0.4, -0.2) is 65.0 Å². The quantitative estimate of drug-likeness (QED) is 0.0623. The lowest BCUT2D eigenvalue weighted by atomic mass is 9.84. The average Bonchev–Trinajstić information content (AvgIpc) is 3.26. The van der Waals surface area contributed by atoms with Gasteiger partial charge in [0.15, 0.2) is 0 Å². The number of aromatic hydroxyl groups is 1. The maximum absolute atomic E-state index is 13.1. The van der Waals surface area contributed by atoms with E-state index in [1.54, 1.807) is 12.1 Å². The summed E-state index contributed by atoms with van der Waals surface area (Å²) in [5.74, 6) is 1.22. The van der Waals surface area contributed by atoms with Crippen LogP contribution in [0.5, 0.6) is 11.5 Å². The van der Waals surface area contributed by atoms with Crippen LogP contribution in [0.2, 0.25) is 0 Å². The Balaban J connectivity index is 0.834. The highest BCUT2D eigenvalue weighted by Gasteiger charge is 2.35. The highest BCUT2D eigenvalue weighted by molar-refractivity contribution is 5.87. The molecule has 3 saturated heterocycles. The molecule has 3 fully saturated rings. The minimum atomic E-state index is -0.834. The third-order valence-corrected chi connectivity index (χ3v) is 11.4. The number of aliphatic hydroxyl groups is 1. The van der Waals surface area contributed by atoms with E-state index < -0.39 is 18.2 Å². The number of hydroxylamine groups is 1. The molecule has 6 aromatic rings. The maximum atomic E-state index is 13.1. The van der Waals surface area contributed by atoms with Crippen LogP contribution >= 0.6 is 0 Å². The number of pyridine rings is 1. The van der Waals surface area contributed by atoms with Gasteiger partial charge in [-0.2, -0.15) is 0 Å². The van der Waals surface area contributed by atoms with Crippen LogP contribution in [0, 0.1) is 5.92 Å². The highest BCUT2D eigenvalue weighted by Crippen LogP contribution is 2.30. The number of rotatable bonds is 15. The second-order valence-corrected chi connectivity index (χ2v) is 15.2. The fourth-order valence-electron chi connectivity index (χ4n) is 8.19. The molecule has 2 bridgehead atoms. The van der Waals surface area contributed by atoms with Crippen molar-refractivity contribution in [3.05, 3.63) is 166 Å². The van der Waals surface area contributed by atoms with Crippen molar-refractivity contribution in [3.8, 4) is 22.6 Å². The summed E-state index contributed by atoms with van der Waals surface area (Å²) in [4.78, 5) is 35.5. The van der Waals surface area contributed by atoms with Crippen LogP contribution in [-0.2, 0) is 17.8 Å². The number of hydrogen-bond donors (Lipinski definition) is 6. The lowest BCUT2D eigenvalue weighted by Gasteiger charge is -2.44. The Kier molecular flexibility index (Phi) is 12.1. The molecule has 1 unspecified atom stereocenters. The van der Waals surface area contributed by atoms with Gasteiger partial charge in [0.1, 0.15) is 11.5 Å². The molecule has 11 nitrogen and oxygen atoms in total. The number of carbonyl (C=O) groups excluding carboxylic acids is 1. The molecule has 3 atom stereocenters. The molecule has 9 rings (SSSR count). The van der Waals surface area contributed by atoms with Crippen LogP contribution in [0.25, 0.3) is 22.0 Å². The molecule has 5 aromatic carbocycles. The third-order valence-electron chi connectivity index (χ3n) is 11.4. The number of H-pyrrole nitrogens is 1. The van der Waals surface area contributed by atoms with E-state index in [0.717, 1.165) is 78.0 Å². The van der Waals surface area contributed by atoms with E-state index in [-0.39, 0.29) is 17.4 Å². The Morgan fingerprint density at radius 3 is 2.41 bits per heavy atom. The first kappa shape index (κ1) is 38.9. The number of phenolic OH excluding ortho intramolecular Hbond substituents is 1. The predicted octanol–water partition coefficient (Wildman–Crippen LogP) is 6.76. The minimum absolute atomic E-state index is 0.0354. The first-order chi connectivity index (χ1) is 28.4. The van der Waals surface area contributed by atoms with Crippen LogP contribution < -0.4 is 26.4 Å². The van der Waals surface area contributed by atoms with Gasteiger partial charge in [-0.1, -0.05) is 91.0 Å². The Morgan fingerprint density at radius 1 is 0.828 bits per heavy atom. The summed E-state index contributed by atoms with van der Waals surface area (Å²) in [5, 5.41) is 28.1. The van der Waals surface area contributed by atoms with E-state index >= 15 is 0 Å². The fraction of sp³-hybridized carbons (Fsp3) is 0.277. The van der Waals surface area contributed by atoms with Gasteiger partial charge in [0.2, 0.25) is 5.56 Å². The van der Waals surface area contributed by atoms with Gasteiger partial charge in [-0.3, -0.25) is 4.79 Å². The van der Waals surface area contributed by atoms with Gasteiger partial charge in [-0.15, -0.1) is 5.48 Å². The van der Waals surface area contributed by atoms with E-state index in [4.69, 9.17) is 9.57 Å². The second-order valence-electron chi connectivity index (χ2n) is 15.2. The zero-order chi connectivity index (χ0) is 39.8. The van der Waals surface area contributed by atoms with Crippen LogP contribution in [0.4, 0.5) is 4.79 Å². The highest BCUT2D eigenvalue weighted by atomic mass is 16.7. The number of aromatic amines is 1. The number of aliphatic hydroxyl groups excluding tert-OH is 1. The van der Waals surface area contributed by atoms with E-state index in [2.05, 4.69) is 62.4 Å². The van der Waals surface area contributed by atoms with Crippen LogP contribution in [0.3, 0.4) is 0 Å². The van der Waals surface area contributed by atoms with Crippen molar-refractivity contribution < 1.29 is 24.6 Å². The first-order valence-electron chi connectivity index (χ1n) is 20.0. The van der Waals surface area contributed by atoms with Gasteiger partial charge >= 0.3 is 6.09 Å². The second kappa shape index (κ2) is 18.1. The number of nitrogens with one attached hydrogen (secondary N) is 4. The molecule has 0 aliphatic carbocycles. The zero-order valence-electron chi connectivity index (χ0n) is 32.3. The maximum Gasteiger partial charge on any atom is 0.426 e. The number of fused-ring (bicyclic) bond motifs is 4. The molecule has 3 aliphatic rings. The molecule has 3 aliphatic heterocycles. The molecule has 1 aromatic heterocycles. The molecule has 11 heteroatoms. The van der Waals surface area contributed by atoms with Crippen molar-refractivity contribution in [2.24, 2.45) is 5.92 Å². The average molecular weight is 780 g/mol. The Morgan fingerprint density at radius 2 is 1.62 bits per heavy atom. The summed E-state index contributed by atoms with van der Waals surface area (Å²) in [6.07, 6.45) is 1.64. The summed E-state index contributed by atoms with van der Waals surface area (Å²) < 4.78 is 6.23. The van der Waals surface area contributed by atoms with Crippen molar-refractivity contribution in [2.45, 2.75) is 44.0 Å². The van der Waals surface area contributed by atoms with Gasteiger partial charge in [0, 0.05) is 37.5 Å². The van der Waals surface area contributed by atoms with Gasteiger partial charge in [0.05, 0.1) is 30.3 Å². The van der Waals surface area contributed by atoms with Gasteiger partial charge in [0.25, 0.3) is 0 Å². The number of aromatic nitrogens is 1. The van der Waals surface area contributed by atoms with E-state index in [0.29, 0.717) is 42.1 Å². The first-order valence-corrected chi connectivity index (χ1v) is 20.0. The van der Waals surface area contributed by atoms with Crippen molar-refractivity contribution in [1.29, 1.82) is 0 Å². The van der Waals surface area contributed by atoms with Crippen molar-refractivity contribution in [2.75, 3.05) is 32.8 Å². The molecule has 1 amide bonds. The standard InChI is InChI=1S/C47H49N5O6/c53-42-18-16-39(40-17-19-44(55)49-46(40)42)43(54)29-48-28-32-6-4-9-36(26-32)33-14-12-31(13-15-33)22-25-57-38-11-5-10-37(27-38)45(35-7-2-1-3-8-35)50-47(56)58-51-41-30-52-23-20-34(41)21-24-52/h1-19,26-27,34,41,43,45,48,51,53-54H,20-25,28-30H2,(H,49,55)(H,50,56)/t41-,43-,45?/m0/s1. The smallest absolute Gasteiger partial charge is 0.426 e. The topological polar surface area (TPSA) is 148 Å². The largest absolute Gasteiger partial charge is 0.506 e. The number of nitrogens with zero attached hydrogens (tertiary/aromatic N) is 1.